The molecule has 0 aliphatic heterocycles. The van der Waals surface area contributed by atoms with E-state index >= 15 is 0 Å². The lowest BCUT2D eigenvalue weighted by Crippen LogP contribution is -2.27. The maximum atomic E-state index is 11.6. The number of hydrogen-bond donors (Lipinski definition) is 2. The van der Waals surface area contributed by atoms with Crippen LogP contribution < -0.4 is 10.6 Å². The second-order valence-corrected chi connectivity index (χ2v) is 4.62. The van der Waals surface area contributed by atoms with Crippen molar-refractivity contribution in [2.45, 2.75) is 27.7 Å². The molecule has 0 radical (unpaired) electrons. The van der Waals surface area contributed by atoms with Crippen molar-refractivity contribution >= 4 is 23.1 Å². The first kappa shape index (κ1) is 15.6. The lowest BCUT2D eigenvalue weighted by molar-refractivity contribution is -0.123. The number of carbonyl (C=O) groups is 1. The minimum Gasteiger partial charge on any atom is -0.354 e. The van der Waals surface area contributed by atoms with E-state index in [1.807, 2.05) is 26.8 Å². The Bertz CT molecular complexity index is 368. The first-order valence-corrected chi connectivity index (χ1v) is 5.87. The van der Waals surface area contributed by atoms with Gasteiger partial charge in [0.25, 0.3) is 0 Å². The van der Waals surface area contributed by atoms with Crippen LogP contribution in [-0.2, 0) is 4.79 Å². The van der Waals surface area contributed by atoms with Crippen molar-refractivity contribution in [3.8, 4) is 0 Å². The summed E-state index contributed by atoms with van der Waals surface area (Å²) in [5.41, 5.74) is 1.56. The fraction of sp³-hybridized carbons (Fsp3) is 0.385. The lowest BCUT2D eigenvalue weighted by Gasteiger charge is -2.10. The first-order valence-electron chi connectivity index (χ1n) is 5.46. The van der Waals surface area contributed by atoms with Gasteiger partial charge in [-0.2, -0.15) is 0 Å². The zero-order valence-corrected chi connectivity index (χ0v) is 11.6. The van der Waals surface area contributed by atoms with Crippen molar-refractivity contribution in [2.24, 2.45) is 5.92 Å². The molecule has 0 saturated heterocycles. The van der Waals surface area contributed by atoms with Crippen molar-refractivity contribution in [2.75, 3.05) is 0 Å². The van der Waals surface area contributed by atoms with Gasteiger partial charge in [-0.3, -0.25) is 4.79 Å². The maximum absolute atomic E-state index is 11.6. The minimum absolute atomic E-state index is 0.0266. The molecule has 1 amide bonds. The molecule has 0 heterocycles. The van der Waals surface area contributed by atoms with Crippen LogP contribution in [0.1, 0.15) is 27.7 Å². The van der Waals surface area contributed by atoms with Crippen molar-refractivity contribution < 1.29 is 4.79 Å². The fourth-order valence-corrected chi connectivity index (χ4v) is 1.25. The SMILES string of the molecule is C=C/C=C(\C=C(/C)NC(C)=S)NC(=O)C(C)C. The maximum Gasteiger partial charge on any atom is 0.226 e. The molecule has 0 aromatic rings. The number of amides is 1. The molecule has 0 aliphatic carbocycles. The summed E-state index contributed by atoms with van der Waals surface area (Å²) in [6.45, 7) is 11.0. The summed E-state index contributed by atoms with van der Waals surface area (Å²) in [5, 5.41) is 5.81. The molecule has 0 atom stereocenters. The Morgan fingerprint density at radius 1 is 1.29 bits per heavy atom. The predicted molar refractivity (Wildman–Crippen MR) is 76.4 cm³/mol. The van der Waals surface area contributed by atoms with Gasteiger partial charge in [0.2, 0.25) is 5.91 Å². The van der Waals surface area contributed by atoms with Crippen molar-refractivity contribution in [3.05, 3.63) is 36.2 Å². The smallest absolute Gasteiger partial charge is 0.226 e. The Balaban J connectivity index is 4.77. The summed E-state index contributed by atoms with van der Waals surface area (Å²) >= 11 is 4.94. The predicted octanol–water partition coefficient (Wildman–Crippen LogP) is 2.67. The second-order valence-electron chi connectivity index (χ2n) is 4.01. The number of nitrogens with one attached hydrogen (secondary N) is 2. The van der Waals surface area contributed by atoms with Crippen LogP contribution in [0.2, 0.25) is 0 Å². The van der Waals surface area contributed by atoms with Crippen LogP contribution in [0.3, 0.4) is 0 Å². The highest BCUT2D eigenvalue weighted by Gasteiger charge is 2.07. The van der Waals surface area contributed by atoms with Gasteiger partial charge in [0, 0.05) is 17.3 Å². The summed E-state index contributed by atoms with van der Waals surface area (Å²) in [7, 11) is 0. The van der Waals surface area contributed by atoms with E-state index < -0.39 is 0 Å². The van der Waals surface area contributed by atoms with Crippen LogP contribution in [0.4, 0.5) is 0 Å². The molecule has 0 fully saturated rings. The topological polar surface area (TPSA) is 41.1 Å². The quantitative estimate of drug-likeness (QED) is 0.584. The Hall–Kier alpha value is -1.42. The Morgan fingerprint density at radius 3 is 2.29 bits per heavy atom. The molecular weight excluding hydrogens is 232 g/mol. The fourth-order valence-electron chi connectivity index (χ4n) is 1.09. The van der Waals surface area contributed by atoms with Gasteiger partial charge in [-0.15, -0.1) is 0 Å². The van der Waals surface area contributed by atoms with Gasteiger partial charge < -0.3 is 10.6 Å². The van der Waals surface area contributed by atoms with E-state index in [1.165, 1.54) is 0 Å². The number of hydrogen-bond acceptors (Lipinski definition) is 2. The van der Waals surface area contributed by atoms with Crippen LogP contribution in [-0.4, -0.2) is 10.9 Å². The average molecular weight is 252 g/mol. The molecule has 2 N–H and O–H groups in total. The molecule has 0 bridgehead atoms. The van der Waals surface area contributed by atoms with Crippen LogP contribution in [0.25, 0.3) is 0 Å². The van der Waals surface area contributed by atoms with E-state index in [0.717, 1.165) is 5.70 Å². The van der Waals surface area contributed by atoms with E-state index in [-0.39, 0.29) is 11.8 Å². The van der Waals surface area contributed by atoms with E-state index in [0.29, 0.717) is 10.7 Å². The molecule has 0 aliphatic rings. The van der Waals surface area contributed by atoms with E-state index in [1.54, 1.807) is 19.1 Å². The molecule has 0 unspecified atom stereocenters. The Kier molecular flexibility index (Phi) is 7.14. The summed E-state index contributed by atoms with van der Waals surface area (Å²) in [5.74, 6) is -0.0849. The molecule has 17 heavy (non-hydrogen) atoms. The standard InChI is InChI=1S/C13H20N2OS/c1-6-7-12(15-13(16)9(2)3)8-10(4)14-11(5)17/h6-9H,1H2,2-5H3,(H,14,17)(H,15,16)/b10-8+,12-7+. The average Bonchev–Trinajstić information content (AvgIpc) is 2.15. The van der Waals surface area contributed by atoms with Crippen molar-refractivity contribution in [3.63, 3.8) is 0 Å². The van der Waals surface area contributed by atoms with Crippen molar-refractivity contribution in [1.82, 2.24) is 10.6 Å². The third-order valence-corrected chi connectivity index (χ3v) is 1.94. The van der Waals surface area contributed by atoms with Gasteiger partial charge in [0.15, 0.2) is 0 Å². The van der Waals surface area contributed by atoms with Crippen LogP contribution >= 0.6 is 12.2 Å². The molecule has 94 valence electrons. The summed E-state index contributed by atoms with van der Waals surface area (Å²) in [4.78, 5) is 12.3. The van der Waals surface area contributed by atoms with Gasteiger partial charge in [-0.1, -0.05) is 38.7 Å². The largest absolute Gasteiger partial charge is 0.354 e. The zero-order valence-electron chi connectivity index (χ0n) is 10.8. The minimum atomic E-state index is -0.0582. The lowest BCUT2D eigenvalue weighted by atomic mass is 10.2. The number of rotatable bonds is 5. The van der Waals surface area contributed by atoms with Crippen LogP contribution in [0.15, 0.2) is 36.2 Å². The van der Waals surface area contributed by atoms with Crippen LogP contribution in [0.5, 0.6) is 0 Å². The molecule has 0 rings (SSSR count). The highest BCUT2D eigenvalue weighted by molar-refractivity contribution is 7.80. The molecule has 0 saturated carbocycles. The van der Waals surface area contributed by atoms with Gasteiger partial charge in [0.1, 0.15) is 0 Å². The van der Waals surface area contributed by atoms with Gasteiger partial charge in [-0.05, 0) is 26.0 Å². The molecule has 0 aromatic carbocycles. The number of thiocarbonyl (C=S) groups is 1. The zero-order chi connectivity index (χ0) is 13.4. The highest BCUT2D eigenvalue weighted by Crippen LogP contribution is 2.01. The number of allylic oxidation sites excluding steroid dienone is 4. The second kappa shape index (κ2) is 7.79. The van der Waals surface area contributed by atoms with Crippen molar-refractivity contribution in [1.29, 1.82) is 0 Å². The molecule has 0 aromatic heterocycles. The Morgan fingerprint density at radius 2 is 1.88 bits per heavy atom. The number of carbonyl (C=O) groups excluding carboxylic acids is 1. The van der Waals surface area contributed by atoms with E-state index in [2.05, 4.69) is 17.2 Å². The third kappa shape index (κ3) is 7.47. The molecule has 0 spiro atoms. The van der Waals surface area contributed by atoms with E-state index in [9.17, 15) is 4.79 Å². The molecular formula is C13H20N2OS. The third-order valence-electron chi connectivity index (χ3n) is 1.83. The molecule has 4 heteroatoms. The highest BCUT2D eigenvalue weighted by atomic mass is 32.1. The van der Waals surface area contributed by atoms with Gasteiger partial charge in [0.05, 0.1) is 4.99 Å². The summed E-state index contributed by atoms with van der Waals surface area (Å²) in [6, 6.07) is 0. The normalized spacial score (nSPS) is 12.3. The van der Waals surface area contributed by atoms with Crippen LogP contribution in [0, 0.1) is 5.92 Å². The van der Waals surface area contributed by atoms with Gasteiger partial charge in [-0.25, -0.2) is 0 Å². The molecule has 3 nitrogen and oxygen atoms in total. The monoisotopic (exact) mass is 252 g/mol. The summed E-state index contributed by atoms with van der Waals surface area (Å²) < 4.78 is 0. The first-order chi connectivity index (χ1) is 7.86. The van der Waals surface area contributed by atoms with Gasteiger partial charge >= 0.3 is 0 Å². The van der Waals surface area contributed by atoms with E-state index in [4.69, 9.17) is 12.2 Å². The summed E-state index contributed by atoms with van der Waals surface area (Å²) in [6.07, 6.45) is 5.19. The Labute approximate surface area is 109 Å².